The van der Waals surface area contributed by atoms with E-state index in [0.29, 0.717) is 12.6 Å². The number of hydrogen-bond acceptors (Lipinski definition) is 3. The van der Waals surface area contributed by atoms with Gasteiger partial charge in [-0.05, 0) is 51.9 Å². The third-order valence-electron chi connectivity index (χ3n) is 4.76. The fraction of sp³-hybridized carbons (Fsp3) is 0.778. The average Bonchev–Trinajstić information content (AvgIpc) is 2.88. The number of rotatable bonds is 4. The van der Waals surface area contributed by atoms with Gasteiger partial charge in [0.25, 0.3) is 0 Å². The molecule has 3 unspecified atom stereocenters. The van der Waals surface area contributed by atoms with E-state index in [0.717, 1.165) is 18.3 Å². The summed E-state index contributed by atoms with van der Waals surface area (Å²) in [4.78, 5) is 16.0. The molecular formula is C18H31N3O2. The fourth-order valence-corrected chi connectivity index (χ4v) is 3.23. The van der Waals surface area contributed by atoms with E-state index in [1.807, 2.05) is 33.3 Å². The van der Waals surface area contributed by atoms with E-state index in [9.17, 15) is 4.79 Å². The number of nitrogens with one attached hydrogen (secondary N) is 1. The molecule has 1 aromatic rings. The Morgan fingerprint density at radius 1 is 1.35 bits per heavy atom. The summed E-state index contributed by atoms with van der Waals surface area (Å²) in [7, 11) is 0. The molecule has 0 spiro atoms. The Morgan fingerprint density at radius 2 is 2.09 bits per heavy atom. The van der Waals surface area contributed by atoms with Crippen molar-refractivity contribution >= 4 is 6.09 Å². The van der Waals surface area contributed by atoms with Crippen LogP contribution in [0.3, 0.4) is 0 Å². The van der Waals surface area contributed by atoms with Crippen molar-refractivity contribution in [2.45, 2.75) is 71.9 Å². The van der Waals surface area contributed by atoms with Crippen molar-refractivity contribution in [3.05, 3.63) is 18.2 Å². The molecule has 130 valence electrons. The summed E-state index contributed by atoms with van der Waals surface area (Å²) < 4.78 is 7.56. The minimum atomic E-state index is -0.458. The Hall–Kier alpha value is -1.52. The predicted molar refractivity (Wildman–Crippen MR) is 91.4 cm³/mol. The molecule has 0 aliphatic heterocycles. The molecule has 23 heavy (non-hydrogen) atoms. The second-order valence-electron chi connectivity index (χ2n) is 7.89. The van der Waals surface area contributed by atoms with Gasteiger partial charge in [-0.2, -0.15) is 0 Å². The second kappa shape index (κ2) is 7.37. The van der Waals surface area contributed by atoms with Crippen LogP contribution in [0.4, 0.5) is 4.79 Å². The summed E-state index contributed by atoms with van der Waals surface area (Å²) in [5, 5.41) is 2.82. The summed E-state index contributed by atoms with van der Waals surface area (Å²) in [6.45, 7) is 10.9. The van der Waals surface area contributed by atoms with Crippen molar-refractivity contribution in [3.8, 4) is 0 Å². The molecule has 1 N–H and O–H groups in total. The van der Waals surface area contributed by atoms with Crippen molar-refractivity contribution in [1.82, 2.24) is 14.9 Å². The maximum Gasteiger partial charge on any atom is 0.407 e. The highest BCUT2D eigenvalue weighted by atomic mass is 16.6. The molecule has 0 aromatic carbocycles. The SMILES string of the molecule is CC1CCC(n2cncc2CCNC(=O)OC(C)(C)C)CC1C. The lowest BCUT2D eigenvalue weighted by Crippen LogP contribution is -2.34. The second-order valence-corrected chi connectivity index (χ2v) is 7.89. The zero-order valence-electron chi connectivity index (χ0n) is 15.1. The molecule has 0 saturated heterocycles. The quantitative estimate of drug-likeness (QED) is 0.913. The lowest BCUT2D eigenvalue weighted by atomic mass is 9.79. The molecule has 1 aliphatic rings. The number of ether oxygens (including phenoxy) is 1. The highest BCUT2D eigenvalue weighted by molar-refractivity contribution is 5.67. The molecular weight excluding hydrogens is 290 g/mol. The first-order valence-electron chi connectivity index (χ1n) is 8.74. The molecule has 1 amide bonds. The minimum Gasteiger partial charge on any atom is -0.444 e. The van der Waals surface area contributed by atoms with Gasteiger partial charge in [-0.3, -0.25) is 0 Å². The normalized spacial score (nSPS) is 25.2. The zero-order valence-corrected chi connectivity index (χ0v) is 15.1. The number of aromatic nitrogens is 2. The molecule has 1 saturated carbocycles. The molecule has 5 heteroatoms. The van der Waals surface area contributed by atoms with Crippen LogP contribution in [0.1, 0.15) is 65.6 Å². The summed E-state index contributed by atoms with van der Waals surface area (Å²) in [5.41, 5.74) is 0.730. The first-order chi connectivity index (χ1) is 10.8. The fourth-order valence-electron chi connectivity index (χ4n) is 3.23. The predicted octanol–water partition coefficient (Wildman–Crippen LogP) is 3.95. The number of imidazole rings is 1. The third-order valence-corrected chi connectivity index (χ3v) is 4.76. The first kappa shape index (κ1) is 17.8. The highest BCUT2D eigenvalue weighted by Gasteiger charge is 2.26. The van der Waals surface area contributed by atoms with Gasteiger partial charge in [-0.1, -0.05) is 13.8 Å². The van der Waals surface area contributed by atoms with Crippen molar-refractivity contribution in [3.63, 3.8) is 0 Å². The zero-order chi connectivity index (χ0) is 17.0. The van der Waals surface area contributed by atoms with Crippen LogP contribution >= 0.6 is 0 Å². The van der Waals surface area contributed by atoms with Crippen molar-refractivity contribution in [2.75, 3.05) is 6.54 Å². The van der Waals surface area contributed by atoms with Crippen molar-refractivity contribution in [2.24, 2.45) is 11.8 Å². The van der Waals surface area contributed by atoms with Gasteiger partial charge in [0, 0.05) is 30.9 Å². The van der Waals surface area contributed by atoms with Gasteiger partial charge in [-0.25, -0.2) is 9.78 Å². The minimum absolute atomic E-state index is 0.358. The smallest absolute Gasteiger partial charge is 0.407 e. The van der Waals surface area contributed by atoms with Gasteiger partial charge >= 0.3 is 6.09 Å². The molecule has 2 rings (SSSR count). The Kier molecular flexibility index (Phi) is 5.71. The molecule has 5 nitrogen and oxygen atoms in total. The molecule has 1 heterocycles. The van der Waals surface area contributed by atoms with Gasteiger partial charge < -0.3 is 14.6 Å². The van der Waals surface area contributed by atoms with Gasteiger partial charge in [0.1, 0.15) is 5.60 Å². The lowest BCUT2D eigenvalue weighted by molar-refractivity contribution is 0.0528. The van der Waals surface area contributed by atoms with Gasteiger partial charge in [0.2, 0.25) is 0 Å². The summed E-state index contributed by atoms with van der Waals surface area (Å²) >= 11 is 0. The number of carbonyl (C=O) groups is 1. The van der Waals surface area contributed by atoms with Crippen LogP contribution in [0.15, 0.2) is 12.5 Å². The number of amides is 1. The van der Waals surface area contributed by atoms with Crippen LogP contribution in [0.2, 0.25) is 0 Å². The molecule has 0 radical (unpaired) electrons. The largest absolute Gasteiger partial charge is 0.444 e. The molecule has 1 aliphatic carbocycles. The van der Waals surface area contributed by atoms with Crippen molar-refractivity contribution < 1.29 is 9.53 Å². The van der Waals surface area contributed by atoms with Gasteiger partial charge in [0.05, 0.1) is 6.33 Å². The van der Waals surface area contributed by atoms with Gasteiger partial charge in [-0.15, -0.1) is 0 Å². The number of nitrogens with zero attached hydrogens (tertiary/aromatic N) is 2. The van der Waals surface area contributed by atoms with E-state index in [1.165, 1.54) is 25.0 Å². The number of alkyl carbamates (subject to hydrolysis) is 1. The van der Waals surface area contributed by atoms with E-state index < -0.39 is 5.60 Å². The maximum absolute atomic E-state index is 11.7. The van der Waals surface area contributed by atoms with Crippen LogP contribution in [-0.2, 0) is 11.2 Å². The van der Waals surface area contributed by atoms with E-state index in [4.69, 9.17) is 4.74 Å². The van der Waals surface area contributed by atoms with Crippen LogP contribution in [0, 0.1) is 11.8 Å². The molecule has 3 atom stereocenters. The van der Waals surface area contributed by atoms with Crippen LogP contribution in [0.5, 0.6) is 0 Å². The highest BCUT2D eigenvalue weighted by Crippen LogP contribution is 2.36. The summed E-state index contributed by atoms with van der Waals surface area (Å²) in [6, 6.07) is 0.542. The average molecular weight is 321 g/mol. The number of hydrogen-bond donors (Lipinski definition) is 1. The lowest BCUT2D eigenvalue weighted by Gasteiger charge is -2.33. The van der Waals surface area contributed by atoms with E-state index in [2.05, 4.69) is 28.7 Å². The van der Waals surface area contributed by atoms with E-state index in [1.54, 1.807) is 0 Å². The first-order valence-corrected chi connectivity index (χ1v) is 8.74. The molecule has 0 bridgehead atoms. The summed E-state index contributed by atoms with van der Waals surface area (Å²) in [6.07, 6.45) is 7.98. The van der Waals surface area contributed by atoms with Crippen LogP contribution in [0.25, 0.3) is 0 Å². The standard InChI is InChI=1S/C18H31N3O2/c1-13-6-7-15(10-14(13)2)21-12-19-11-16(21)8-9-20-17(22)23-18(3,4)5/h11-15H,6-10H2,1-5H3,(H,20,22). The Balaban J connectivity index is 1.86. The van der Waals surface area contributed by atoms with E-state index in [-0.39, 0.29) is 6.09 Å². The third kappa shape index (κ3) is 5.26. The van der Waals surface area contributed by atoms with Crippen LogP contribution < -0.4 is 5.32 Å². The van der Waals surface area contributed by atoms with Crippen molar-refractivity contribution in [1.29, 1.82) is 0 Å². The molecule has 1 fully saturated rings. The van der Waals surface area contributed by atoms with Crippen LogP contribution in [-0.4, -0.2) is 27.8 Å². The summed E-state index contributed by atoms with van der Waals surface area (Å²) in [5.74, 6) is 1.57. The monoisotopic (exact) mass is 321 g/mol. The Bertz CT molecular complexity index is 519. The Labute approximate surface area is 139 Å². The Morgan fingerprint density at radius 3 is 2.74 bits per heavy atom. The topological polar surface area (TPSA) is 56.2 Å². The number of carbonyl (C=O) groups excluding carboxylic acids is 1. The van der Waals surface area contributed by atoms with Gasteiger partial charge in [0.15, 0.2) is 0 Å². The molecule has 1 aromatic heterocycles. The maximum atomic E-state index is 11.7. The van der Waals surface area contributed by atoms with E-state index >= 15 is 0 Å².